The summed E-state index contributed by atoms with van der Waals surface area (Å²) in [5.74, 6) is -0.594. The van der Waals surface area contributed by atoms with Crippen molar-refractivity contribution in [2.75, 3.05) is 18.4 Å². The Balaban J connectivity index is 1.13. The lowest BCUT2D eigenvalue weighted by Gasteiger charge is -2.27. The predicted molar refractivity (Wildman–Crippen MR) is 139 cm³/mol. The molecule has 35 heavy (non-hydrogen) atoms. The summed E-state index contributed by atoms with van der Waals surface area (Å²) in [6, 6.07) is 15.2. The van der Waals surface area contributed by atoms with Gasteiger partial charge in [-0.3, -0.25) is 14.4 Å². The van der Waals surface area contributed by atoms with Crippen LogP contribution < -0.4 is 10.6 Å². The highest BCUT2D eigenvalue weighted by Gasteiger charge is 2.33. The standard InChI is InChI=1S/C27H30N4O3S/c32-24(17-23-26(34)30-27(35-23)31-15-4-1-5-16-31)28-20-13-11-19(12-14-20)25(33)29-22-10-6-8-18-7-2-3-9-21(18)22/h2-3,7,9,11-14,22-23H,1,4-6,8,10,15-17H2,(H,28,32)(H,29,33)/t22-,23-/m0/s1. The van der Waals surface area contributed by atoms with Crippen LogP contribution in [0.2, 0.25) is 0 Å². The van der Waals surface area contributed by atoms with E-state index >= 15 is 0 Å². The number of anilines is 1. The molecule has 2 aliphatic heterocycles. The van der Waals surface area contributed by atoms with E-state index in [1.807, 2.05) is 12.1 Å². The van der Waals surface area contributed by atoms with Crippen LogP contribution >= 0.6 is 11.8 Å². The van der Waals surface area contributed by atoms with Gasteiger partial charge in [0.2, 0.25) is 5.91 Å². The number of likely N-dealkylation sites (tertiary alicyclic amines) is 1. The maximum atomic E-state index is 12.8. The molecule has 0 spiro atoms. The van der Waals surface area contributed by atoms with Gasteiger partial charge in [0.15, 0.2) is 5.17 Å². The monoisotopic (exact) mass is 490 g/mol. The first-order chi connectivity index (χ1) is 17.1. The van der Waals surface area contributed by atoms with Crippen molar-refractivity contribution in [3.05, 3.63) is 65.2 Å². The number of fused-ring (bicyclic) bond motifs is 1. The number of aliphatic imine (C=N–C) groups is 1. The number of amidine groups is 1. The van der Waals surface area contributed by atoms with E-state index in [1.165, 1.54) is 29.3 Å². The van der Waals surface area contributed by atoms with Gasteiger partial charge >= 0.3 is 0 Å². The molecule has 2 atom stereocenters. The molecule has 2 aromatic carbocycles. The van der Waals surface area contributed by atoms with E-state index in [0.717, 1.165) is 50.4 Å². The molecule has 5 rings (SSSR count). The molecule has 1 aliphatic carbocycles. The number of piperidine rings is 1. The molecular formula is C27H30N4O3S. The van der Waals surface area contributed by atoms with Crippen LogP contribution in [-0.2, 0) is 16.0 Å². The van der Waals surface area contributed by atoms with Crippen molar-refractivity contribution in [3.63, 3.8) is 0 Å². The van der Waals surface area contributed by atoms with Gasteiger partial charge in [-0.05, 0) is 73.9 Å². The number of nitrogens with one attached hydrogen (secondary N) is 2. The van der Waals surface area contributed by atoms with Crippen LogP contribution in [0.1, 0.15) is 66.1 Å². The minimum Gasteiger partial charge on any atom is -0.351 e. The number of nitrogens with zero attached hydrogens (tertiary/aromatic N) is 2. The van der Waals surface area contributed by atoms with E-state index in [1.54, 1.807) is 24.3 Å². The third-order valence-corrected chi connectivity index (χ3v) is 8.05. The van der Waals surface area contributed by atoms with Crippen LogP contribution in [0.3, 0.4) is 0 Å². The van der Waals surface area contributed by atoms with E-state index in [2.05, 4.69) is 32.7 Å². The van der Waals surface area contributed by atoms with Gasteiger partial charge in [-0.25, -0.2) is 0 Å². The lowest BCUT2D eigenvalue weighted by Crippen LogP contribution is -2.33. The second-order valence-corrected chi connectivity index (χ2v) is 10.5. The summed E-state index contributed by atoms with van der Waals surface area (Å²) in [5.41, 5.74) is 3.64. The van der Waals surface area contributed by atoms with E-state index in [-0.39, 0.29) is 30.2 Å². The van der Waals surface area contributed by atoms with Gasteiger partial charge in [0.1, 0.15) is 5.25 Å². The molecule has 182 valence electrons. The van der Waals surface area contributed by atoms with Crippen LogP contribution in [0.4, 0.5) is 5.69 Å². The number of rotatable bonds is 5. The zero-order chi connectivity index (χ0) is 24.2. The second-order valence-electron chi connectivity index (χ2n) is 9.33. The SMILES string of the molecule is O=C(C[C@@H]1SC(N2CCCCC2)=NC1=O)Nc1ccc(C(=O)N[C@H]2CCCc3ccccc32)cc1. The number of carbonyl (C=O) groups excluding carboxylic acids is 3. The lowest BCUT2D eigenvalue weighted by atomic mass is 9.87. The Morgan fingerprint density at radius 3 is 2.57 bits per heavy atom. The average Bonchev–Trinajstić information content (AvgIpc) is 3.25. The second kappa shape index (κ2) is 10.6. The number of hydrogen-bond donors (Lipinski definition) is 2. The molecule has 3 aliphatic rings. The highest BCUT2D eigenvalue weighted by atomic mass is 32.2. The first-order valence-corrected chi connectivity index (χ1v) is 13.3. The smallest absolute Gasteiger partial charge is 0.262 e. The first-order valence-electron chi connectivity index (χ1n) is 12.4. The van der Waals surface area contributed by atoms with Crippen molar-refractivity contribution in [1.82, 2.24) is 10.2 Å². The summed E-state index contributed by atoms with van der Waals surface area (Å²) < 4.78 is 0. The van der Waals surface area contributed by atoms with Crippen molar-refractivity contribution in [1.29, 1.82) is 0 Å². The number of aryl methyl sites for hydroxylation is 1. The van der Waals surface area contributed by atoms with Crippen molar-refractivity contribution < 1.29 is 14.4 Å². The number of amides is 3. The Bertz CT molecular complexity index is 1140. The molecule has 2 heterocycles. The summed E-state index contributed by atoms with van der Waals surface area (Å²) in [5, 5.41) is 6.27. The fraction of sp³-hybridized carbons (Fsp3) is 0.407. The minimum atomic E-state index is -0.477. The predicted octanol–water partition coefficient (Wildman–Crippen LogP) is 4.31. The Kier molecular flexibility index (Phi) is 7.18. The highest BCUT2D eigenvalue weighted by molar-refractivity contribution is 8.15. The normalized spacial score (nSPS) is 21.8. The molecular weight excluding hydrogens is 460 g/mol. The van der Waals surface area contributed by atoms with Gasteiger partial charge in [-0.15, -0.1) is 0 Å². The molecule has 8 heteroatoms. The van der Waals surface area contributed by atoms with Crippen LogP contribution in [0.5, 0.6) is 0 Å². The van der Waals surface area contributed by atoms with Crippen LogP contribution in [0.25, 0.3) is 0 Å². The molecule has 2 N–H and O–H groups in total. The van der Waals surface area contributed by atoms with E-state index in [0.29, 0.717) is 11.3 Å². The molecule has 2 aromatic rings. The van der Waals surface area contributed by atoms with Crippen molar-refractivity contribution >= 4 is 40.3 Å². The summed E-state index contributed by atoms with van der Waals surface area (Å²) >= 11 is 1.39. The Hall–Kier alpha value is -3.13. The fourth-order valence-corrected chi connectivity index (χ4v) is 6.08. The summed E-state index contributed by atoms with van der Waals surface area (Å²) in [6.45, 7) is 1.84. The third kappa shape index (κ3) is 5.59. The molecule has 3 amide bonds. The summed E-state index contributed by atoms with van der Waals surface area (Å²) in [4.78, 5) is 44.1. The van der Waals surface area contributed by atoms with Gasteiger partial charge < -0.3 is 15.5 Å². The first kappa shape index (κ1) is 23.6. The van der Waals surface area contributed by atoms with E-state index in [9.17, 15) is 14.4 Å². The lowest BCUT2D eigenvalue weighted by molar-refractivity contribution is -0.121. The third-order valence-electron chi connectivity index (χ3n) is 6.83. The average molecular weight is 491 g/mol. The zero-order valence-electron chi connectivity index (χ0n) is 19.7. The van der Waals surface area contributed by atoms with Gasteiger partial charge in [-0.1, -0.05) is 36.0 Å². The summed E-state index contributed by atoms with van der Waals surface area (Å²) in [6.07, 6.45) is 6.55. The van der Waals surface area contributed by atoms with Crippen molar-refractivity contribution in [2.45, 2.75) is 56.2 Å². The zero-order valence-corrected chi connectivity index (χ0v) is 20.5. The number of hydrogen-bond acceptors (Lipinski definition) is 5. The maximum absolute atomic E-state index is 12.8. The van der Waals surface area contributed by atoms with Crippen molar-refractivity contribution in [3.8, 4) is 0 Å². The molecule has 7 nitrogen and oxygen atoms in total. The van der Waals surface area contributed by atoms with Crippen LogP contribution in [-0.4, -0.2) is 46.1 Å². The molecule has 0 saturated carbocycles. The Morgan fingerprint density at radius 2 is 1.77 bits per heavy atom. The molecule has 0 unspecified atom stereocenters. The van der Waals surface area contributed by atoms with Crippen LogP contribution in [0, 0.1) is 0 Å². The van der Waals surface area contributed by atoms with E-state index in [4.69, 9.17) is 0 Å². The van der Waals surface area contributed by atoms with Gasteiger partial charge in [0.25, 0.3) is 11.8 Å². The minimum absolute atomic E-state index is 0.0188. The summed E-state index contributed by atoms with van der Waals surface area (Å²) in [7, 11) is 0. The highest BCUT2D eigenvalue weighted by Crippen LogP contribution is 2.30. The molecule has 0 radical (unpaired) electrons. The van der Waals surface area contributed by atoms with Gasteiger partial charge in [0.05, 0.1) is 6.04 Å². The number of carbonyl (C=O) groups is 3. The molecule has 0 bridgehead atoms. The van der Waals surface area contributed by atoms with E-state index < -0.39 is 5.25 Å². The molecule has 1 fully saturated rings. The van der Waals surface area contributed by atoms with Crippen LogP contribution in [0.15, 0.2) is 53.5 Å². The van der Waals surface area contributed by atoms with Gasteiger partial charge in [0, 0.05) is 30.8 Å². The Morgan fingerprint density at radius 1 is 1.00 bits per heavy atom. The Labute approximate surface area is 209 Å². The van der Waals surface area contributed by atoms with Crippen molar-refractivity contribution in [2.24, 2.45) is 4.99 Å². The fourth-order valence-electron chi connectivity index (χ4n) is 4.96. The molecule has 0 aromatic heterocycles. The van der Waals surface area contributed by atoms with Gasteiger partial charge in [-0.2, -0.15) is 4.99 Å². The topological polar surface area (TPSA) is 90.9 Å². The molecule has 1 saturated heterocycles. The number of thioether (sulfide) groups is 1. The maximum Gasteiger partial charge on any atom is 0.262 e. The quantitative estimate of drug-likeness (QED) is 0.652. The largest absolute Gasteiger partial charge is 0.351 e. The number of benzene rings is 2.